The van der Waals surface area contributed by atoms with Gasteiger partial charge in [0, 0.05) is 14.2 Å². The number of rotatable bonds is 2. The number of methoxy groups -OCH3 is 1. The molecule has 0 radical (unpaired) electrons. The van der Waals surface area contributed by atoms with Crippen molar-refractivity contribution in [3.63, 3.8) is 0 Å². The first-order chi connectivity index (χ1) is 7.67. The third kappa shape index (κ3) is 1.55. The number of aryl methyl sites for hydroxylation is 1. The molecular weight excluding hydrogens is 202 g/mol. The van der Waals surface area contributed by atoms with Gasteiger partial charge in [-0.3, -0.25) is 0 Å². The SMILES string of the molecule is COC(C)c1nc2cc(C#N)ccc2n1C. The summed E-state index contributed by atoms with van der Waals surface area (Å²) < 4.78 is 7.25. The Morgan fingerprint density at radius 2 is 2.25 bits per heavy atom. The van der Waals surface area contributed by atoms with Gasteiger partial charge >= 0.3 is 0 Å². The van der Waals surface area contributed by atoms with Crippen LogP contribution >= 0.6 is 0 Å². The van der Waals surface area contributed by atoms with Crippen LogP contribution in [0.1, 0.15) is 24.4 Å². The van der Waals surface area contributed by atoms with Gasteiger partial charge in [-0.25, -0.2) is 4.98 Å². The first kappa shape index (κ1) is 10.7. The van der Waals surface area contributed by atoms with Crippen LogP contribution in [0.3, 0.4) is 0 Å². The van der Waals surface area contributed by atoms with Gasteiger partial charge in [-0.1, -0.05) is 0 Å². The quantitative estimate of drug-likeness (QED) is 0.771. The summed E-state index contributed by atoms with van der Waals surface area (Å²) >= 11 is 0. The summed E-state index contributed by atoms with van der Waals surface area (Å²) in [5, 5.41) is 8.82. The minimum Gasteiger partial charge on any atom is -0.374 e. The van der Waals surface area contributed by atoms with Gasteiger partial charge in [0.2, 0.25) is 0 Å². The molecule has 0 fully saturated rings. The maximum Gasteiger partial charge on any atom is 0.138 e. The van der Waals surface area contributed by atoms with E-state index in [1.165, 1.54) is 0 Å². The lowest BCUT2D eigenvalue weighted by atomic mass is 10.2. The van der Waals surface area contributed by atoms with Crippen molar-refractivity contribution in [2.75, 3.05) is 7.11 Å². The number of nitriles is 1. The van der Waals surface area contributed by atoms with E-state index in [0.717, 1.165) is 16.9 Å². The van der Waals surface area contributed by atoms with E-state index in [0.29, 0.717) is 5.56 Å². The molecule has 1 aromatic carbocycles. The molecule has 4 nitrogen and oxygen atoms in total. The van der Waals surface area contributed by atoms with Gasteiger partial charge in [-0.15, -0.1) is 0 Å². The number of hydrogen-bond acceptors (Lipinski definition) is 3. The molecule has 16 heavy (non-hydrogen) atoms. The van der Waals surface area contributed by atoms with Gasteiger partial charge in [0.25, 0.3) is 0 Å². The van der Waals surface area contributed by atoms with Crippen molar-refractivity contribution in [2.45, 2.75) is 13.0 Å². The maximum atomic E-state index is 8.82. The number of aromatic nitrogens is 2. The molecule has 1 heterocycles. The Hall–Kier alpha value is -1.86. The Morgan fingerprint density at radius 1 is 1.50 bits per heavy atom. The fourth-order valence-corrected chi connectivity index (χ4v) is 1.76. The zero-order valence-electron chi connectivity index (χ0n) is 9.56. The summed E-state index contributed by atoms with van der Waals surface area (Å²) in [6.45, 7) is 1.95. The highest BCUT2D eigenvalue weighted by Gasteiger charge is 2.13. The molecule has 2 rings (SSSR count). The van der Waals surface area contributed by atoms with Crippen molar-refractivity contribution >= 4 is 11.0 Å². The molecule has 0 aliphatic heterocycles. The van der Waals surface area contributed by atoms with Gasteiger partial charge in [0.1, 0.15) is 11.9 Å². The number of benzene rings is 1. The molecule has 0 aliphatic carbocycles. The zero-order valence-corrected chi connectivity index (χ0v) is 9.56. The fraction of sp³-hybridized carbons (Fsp3) is 0.333. The molecule has 0 amide bonds. The average molecular weight is 215 g/mol. The Bertz CT molecular complexity index is 565. The molecule has 0 saturated heterocycles. The number of hydrogen-bond donors (Lipinski definition) is 0. The van der Waals surface area contributed by atoms with Crippen molar-refractivity contribution < 1.29 is 4.74 Å². The minimum absolute atomic E-state index is 0.0528. The summed E-state index contributed by atoms with van der Waals surface area (Å²) in [4.78, 5) is 4.48. The lowest BCUT2D eigenvalue weighted by molar-refractivity contribution is 0.110. The fourth-order valence-electron chi connectivity index (χ4n) is 1.76. The summed E-state index contributed by atoms with van der Waals surface area (Å²) in [6.07, 6.45) is -0.0528. The normalized spacial score (nSPS) is 12.6. The lowest BCUT2D eigenvalue weighted by Crippen LogP contribution is -2.04. The van der Waals surface area contributed by atoms with Crippen LogP contribution < -0.4 is 0 Å². The van der Waals surface area contributed by atoms with Crippen LogP contribution in [-0.2, 0) is 11.8 Å². The third-order valence-corrected chi connectivity index (χ3v) is 2.76. The van der Waals surface area contributed by atoms with Crippen LogP contribution in [0.4, 0.5) is 0 Å². The molecule has 0 saturated carbocycles. The molecule has 1 unspecified atom stereocenters. The van der Waals surface area contributed by atoms with Gasteiger partial charge < -0.3 is 9.30 Å². The maximum absolute atomic E-state index is 8.82. The summed E-state index contributed by atoms with van der Waals surface area (Å²) in [5.74, 6) is 0.868. The van der Waals surface area contributed by atoms with E-state index in [9.17, 15) is 0 Å². The van der Waals surface area contributed by atoms with Crippen molar-refractivity contribution in [1.29, 1.82) is 5.26 Å². The molecule has 1 aromatic heterocycles. The van der Waals surface area contributed by atoms with Gasteiger partial charge in [0.05, 0.1) is 22.7 Å². The summed E-state index contributed by atoms with van der Waals surface area (Å²) in [6, 6.07) is 7.61. The largest absolute Gasteiger partial charge is 0.374 e. The zero-order chi connectivity index (χ0) is 11.7. The van der Waals surface area contributed by atoms with E-state index in [-0.39, 0.29) is 6.10 Å². The van der Waals surface area contributed by atoms with E-state index in [2.05, 4.69) is 11.1 Å². The second-order valence-electron chi connectivity index (χ2n) is 3.72. The van der Waals surface area contributed by atoms with Crippen molar-refractivity contribution in [3.8, 4) is 6.07 Å². The van der Waals surface area contributed by atoms with Crippen molar-refractivity contribution in [3.05, 3.63) is 29.6 Å². The van der Waals surface area contributed by atoms with Crippen molar-refractivity contribution in [1.82, 2.24) is 9.55 Å². The summed E-state index contributed by atoms with van der Waals surface area (Å²) in [5.41, 5.74) is 2.47. The van der Waals surface area contributed by atoms with Gasteiger partial charge in [0.15, 0.2) is 0 Å². The smallest absolute Gasteiger partial charge is 0.138 e. The van der Waals surface area contributed by atoms with E-state index < -0.39 is 0 Å². The second-order valence-corrected chi connectivity index (χ2v) is 3.72. The molecule has 82 valence electrons. The monoisotopic (exact) mass is 215 g/mol. The van der Waals surface area contributed by atoms with E-state index in [1.54, 1.807) is 19.2 Å². The number of ether oxygens (including phenoxy) is 1. The molecule has 4 heteroatoms. The van der Waals surface area contributed by atoms with Crippen LogP contribution in [0.25, 0.3) is 11.0 Å². The van der Waals surface area contributed by atoms with E-state index in [4.69, 9.17) is 10.00 Å². The topological polar surface area (TPSA) is 50.8 Å². The predicted molar refractivity (Wildman–Crippen MR) is 60.9 cm³/mol. The highest BCUT2D eigenvalue weighted by molar-refractivity contribution is 5.77. The number of imidazole rings is 1. The van der Waals surface area contributed by atoms with Crippen LogP contribution in [0.5, 0.6) is 0 Å². The second kappa shape index (κ2) is 3.95. The highest BCUT2D eigenvalue weighted by atomic mass is 16.5. The molecule has 0 bridgehead atoms. The molecule has 2 aromatic rings. The third-order valence-electron chi connectivity index (χ3n) is 2.76. The molecule has 0 aliphatic rings. The lowest BCUT2D eigenvalue weighted by Gasteiger charge is -2.08. The van der Waals surface area contributed by atoms with E-state index in [1.807, 2.05) is 24.6 Å². The predicted octanol–water partition coefficient (Wildman–Crippen LogP) is 2.15. The highest BCUT2D eigenvalue weighted by Crippen LogP contribution is 2.21. The summed E-state index contributed by atoms with van der Waals surface area (Å²) in [7, 11) is 3.61. The molecule has 1 atom stereocenters. The Kier molecular flexibility index (Phi) is 2.63. The van der Waals surface area contributed by atoms with E-state index >= 15 is 0 Å². The average Bonchev–Trinajstić information content (AvgIpc) is 2.65. The number of fused-ring (bicyclic) bond motifs is 1. The Balaban J connectivity index is 2.64. The molecule has 0 spiro atoms. The first-order valence-electron chi connectivity index (χ1n) is 5.06. The van der Waals surface area contributed by atoms with Gasteiger partial charge in [-0.05, 0) is 25.1 Å². The first-order valence-corrected chi connectivity index (χ1v) is 5.06. The van der Waals surface area contributed by atoms with Gasteiger partial charge in [-0.2, -0.15) is 5.26 Å². The Labute approximate surface area is 94.1 Å². The molecular formula is C12H13N3O. The Morgan fingerprint density at radius 3 is 2.88 bits per heavy atom. The van der Waals surface area contributed by atoms with Crippen molar-refractivity contribution in [2.24, 2.45) is 7.05 Å². The minimum atomic E-state index is -0.0528. The molecule has 0 N–H and O–H groups in total. The standard InChI is InChI=1S/C12H13N3O/c1-8(16-3)12-14-10-6-9(7-13)4-5-11(10)15(12)2/h4-6,8H,1-3H3. The van der Waals surface area contributed by atoms with Crippen LogP contribution in [0.2, 0.25) is 0 Å². The van der Waals surface area contributed by atoms with Crippen LogP contribution in [0, 0.1) is 11.3 Å². The van der Waals surface area contributed by atoms with Crippen LogP contribution in [0.15, 0.2) is 18.2 Å². The van der Waals surface area contributed by atoms with Crippen LogP contribution in [-0.4, -0.2) is 16.7 Å². The number of nitrogens with zero attached hydrogens (tertiary/aromatic N) is 3.